The maximum absolute atomic E-state index is 12.2. The second kappa shape index (κ2) is 8.56. The molecule has 0 aliphatic rings. The van der Waals surface area contributed by atoms with Gasteiger partial charge in [0.2, 0.25) is 0 Å². The molecule has 2 N–H and O–H groups in total. The van der Waals surface area contributed by atoms with Crippen LogP contribution in [0.1, 0.15) is 29.8 Å². The molecule has 0 saturated heterocycles. The zero-order chi connectivity index (χ0) is 18.3. The highest BCUT2D eigenvalue weighted by atomic mass is 19.4. The average molecular weight is 346 g/mol. The Morgan fingerprint density at radius 3 is 2.25 bits per heavy atom. The van der Waals surface area contributed by atoms with Gasteiger partial charge < -0.3 is 15.4 Å². The van der Waals surface area contributed by atoms with E-state index in [1.165, 1.54) is 0 Å². The van der Waals surface area contributed by atoms with Crippen LogP contribution in [0.3, 0.4) is 0 Å². The number of alkyl halides is 3. The van der Waals surface area contributed by atoms with Gasteiger partial charge in [0.25, 0.3) is 5.91 Å². The Hall–Kier alpha value is -2.25. The van der Waals surface area contributed by atoms with Gasteiger partial charge in [-0.25, -0.2) is 4.79 Å². The molecule has 0 spiro atoms. The van der Waals surface area contributed by atoms with Gasteiger partial charge in [0, 0.05) is 18.2 Å². The number of halogens is 3. The molecule has 0 saturated carbocycles. The Morgan fingerprint density at radius 1 is 1.17 bits per heavy atom. The molecular weight excluding hydrogens is 325 g/mol. The van der Waals surface area contributed by atoms with Crippen molar-refractivity contribution in [2.45, 2.75) is 33.0 Å². The Bertz CT molecular complexity index is 557. The summed E-state index contributed by atoms with van der Waals surface area (Å²) < 4.78 is 40.0. The molecular formula is C16H21F3N2O3. The first-order valence-electron chi connectivity index (χ1n) is 7.43. The van der Waals surface area contributed by atoms with Crippen molar-refractivity contribution in [1.82, 2.24) is 10.6 Å². The van der Waals surface area contributed by atoms with E-state index in [4.69, 9.17) is 0 Å². The number of ether oxygens (including phenoxy) is 1. The second-order valence-electron chi connectivity index (χ2n) is 5.76. The molecule has 2 amide bonds. The van der Waals surface area contributed by atoms with Crippen LogP contribution >= 0.6 is 0 Å². The number of aryl methyl sites for hydroxylation is 1. The van der Waals surface area contributed by atoms with Crippen molar-refractivity contribution in [3.63, 3.8) is 0 Å². The maximum Gasteiger partial charge on any atom is 0.422 e. The Kier molecular flexibility index (Phi) is 7.06. The largest absolute Gasteiger partial charge is 0.440 e. The van der Waals surface area contributed by atoms with Gasteiger partial charge in [0.15, 0.2) is 6.61 Å². The summed E-state index contributed by atoms with van der Waals surface area (Å²) in [5.41, 5.74) is 1.48. The highest BCUT2D eigenvalue weighted by Crippen LogP contribution is 2.14. The van der Waals surface area contributed by atoms with Gasteiger partial charge in [-0.1, -0.05) is 31.5 Å². The van der Waals surface area contributed by atoms with E-state index < -0.39 is 24.9 Å². The number of carbonyl (C=O) groups is 2. The summed E-state index contributed by atoms with van der Waals surface area (Å²) in [6.07, 6.45) is -5.75. The Balaban J connectivity index is 2.53. The average Bonchev–Trinajstić information content (AvgIpc) is 2.48. The minimum absolute atomic E-state index is 0.0358. The van der Waals surface area contributed by atoms with Crippen molar-refractivity contribution in [3.05, 3.63) is 35.4 Å². The van der Waals surface area contributed by atoms with E-state index in [0.29, 0.717) is 5.56 Å². The molecule has 0 aliphatic heterocycles. The minimum atomic E-state index is -4.57. The third-order valence-corrected chi connectivity index (χ3v) is 3.27. The van der Waals surface area contributed by atoms with Gasteiger partial charge in [0.05, 0.1) is 0 Å². The smallest absolute Gasteiger partial charge is 0.422 e. The molecule has 1 unspecified atom stereocenters. The number of benzene rings is 1. The summed E-state index contributed by atoms with van der Waals surface area (Å²) >= 11 is 0. The zero-order valence-corrected chi connectivity index (χ0v) is 13.7. The number of nitrogens with one attached hydrogen (secondary N) is 2. The minimum Gasteiger partial charge on any atom is -0.440 e. The zero-order valence-electron chi connectivity index (χ0n) is 13.7. The van der Waals surface area contributed by atoms with Gasteiger partial charge >= 0.3 is 12.3 Å². The predicted octanol–water partition coefficient (Wildman–Crippen LogP) is 3.04. The van der Waals surface area contributed by atoms with Crippen LogP contribution in [-0.4, -0.2) is 37.4 Å². The molecule has 0 fully saturated rings. The van der Waals surface area contributed by atoms with Gasteiger partial charge in [0.1, 0.15) is 0 Å². The van der Waals surface area contributed by atoms with Crippen molar-refractivity contribution in [2.24, 2.45) is 5.92 Å². The lowest BCUT2D eigenvalue weighted by Gasteiger charge is -2.23. The summed E-state index contributed by atoms with van der Waals surface area (Å²) in [5.74, 6) is -0.360. The van der Waals surface area contributed by atoms with Crippen molar-refractivity contribution < 1.29 is 27.5 Å². The summed E-state index contributed by atoms with van der Waals surface area (Å²) in [6.45, 7) is 3.85. The standard InChI is InChI=1S/C16H21F3N2O3/c1-10(2)13(8-20-15(23)24-9-16(17,18)19)21-14(22)12-6-4-11(3)5-7-12/h4-7,10,13H,8-9H2,1-3H3,(H,20,23)(H,21,22). The number of hydrogen-bond acceptors (Lipinski definition) is 3. The SMILES string of the molecule is Cc1ccc(C(=O)NC(CNC(=O)OCC(F)(F)F)C(C)C)cc1. The molecule has 0 heterocycles. The maximum atomic E-state index is 12.2. The Labute approximate surface area is 138 Å². The summed E-state index contributed by atoms with van der Waals surface area (Å²) in [4.78, 5) is 23.4. The van der Waals surface area contributed by atoms with Crippen LogP contribution in [0.25, 0.3) is 0 Å². The lowest BCUT2D eigenvalue weighted by Crippen LogP contribution is -2.47. The Morgan fingerprint density at radius 2 is 1.75 bits per heavy atom. The summed E-state index contributed by atoms with van der Waals surface area (Å²) in [6, 6.07) is 6.50. The third kappa shape index (κ3) is 7.34. The van der Waals surface area contributed by atoms with Crippen molar-refractivity contribution >= 4 is 12.0 Å². The normalized spacial score (nSPS) is 12.6. The van der Waals surface area contributed by atoms with E-state index in [0.717, 1.165) is 5.56 Å². The van der Waals surface area contributed by atoms with Crippen LogP contribution in [-0.2, 0) is 4.74 Å². The number of carbonyl (C=O) groups excluding carboxylic acids is 2. The first-order valence-corrected chi connectivity index (χ1v) is 7.43. The quantitative estimate of drug-likeness (QED) is 0.832. The molecule has 24 heavy (non-hydrogen) atoms. The van der Waals surface area contributed by atoms with Crippen molar-refractivity contribution in [2.75, 3.05) is 13.2 Å². The molecule has 0 radical (unpaired) electrons. The highest BCUT2D eigenvalue weighted by Gasteiger charge is 2.29. The van der Waals surface area contributed by atoms with Gasteiger partial charge in [-0.2, -0.15) is 13.2 Å². The van der Waals surface area contributed by atoms with E-state index in [2.05, 4.69) is 15.4 Å². The number of rotatable bonds is 6. The molecule has 0 bridgehead atoms. The summed E-state index contributed by atoms with van der Waals surface area (Å²) in [7, 11) is 0. The lowest BCUT2D eigenvalue weighted by molar-refractivity contribution is -0.160. The molecule has 1 aromatic rings. The third-order valence-electron chi connectivity index (χ3n) is 3.27. The molecule has 0 aliphatic carbocycles. The van der Waals surface area contributed by atoms with E-state index in [1.54, 1.807) is 24.3 Å². The topological polar surface area (TPSA) is 67.4 Å². The van der Waals surface area contributed by atoms with Crippen molar-refractivity contribution in [1.29, 1.82) is 0 Å². The number of alkyl carbamates (subject to hydrolysis) is 1. The molecule has 1 rings (SSSR count). The van der Waals surface area contributed by atoms with Crippen LogP contribution < -0.4 is 10.6 Å². The number of amides is 2. The monoisotopic (exact) mass is 346 g/mol. The molecule has 8 heteroatoms. The number of hydrogen-bond donors (Lipinski definition) is 2. The molecule has 1 aromatic carbocycles. The first kappa shape index (κ1) is 19.8. The fraction of sp³-hybridized carbons (Fsp3) is 0.500. The van der Waals surface area contributed by atoms with E-state index in [1.807, 2.05) is 20.8 Å². The van der Waals surface area contributed by atoms with E-state index >= 15 is 0 Å². The second-order valence-corrected chi connectivity index (χ2v) is 5.76. The molecule has 0 aromatic heterocycles. The van der Waals surface area contributed by atoms with Crippen molar-refractivity contribution in [3.8, 4) is 0 Å². The lowest BCUT2D eigenvalue weighted by atomic mass is 10.0. The summed E-state index contributed by atoms with van der Waals surface area (Å²) in [5, 5.41) is 4.98. The molecule has 1 atom stereocenters. The van der Waals surface area contributed by atoms with Crippen LogP contribution in [0.2, 0.25) is 0 Å². The van der Waals surface area contributed by atoms with Crippen LogP contribution in [0.4, 0.5) is 18.0 Å². The van der Waals surface area contributed by atoms with Crippen LogP contribution in [0, 0.1) is 12.8 Å². The molecule has 134 valence electrons. The van der Waals surface area contributed by atoms with E-state index in [9.17, 15) is 22.8 Å². The van der Waals surface area contributed by atoms with Gasteiger partial charge in [-0.05, 0) is 25.0 Å². The fourth-order valence-electron chi connectivity index (χ4n) is 1.80. The van der Waals surface area contributed by atoms with Crippen LogP contribution in [0.5, 0.6) is 0 Å². The fourth-order valence-corrected chi connectivity index (χ4v) is 1.80. The highest BCUT2D eigenvalue weighted by molar-refractivity contribution is 5.94. The predicted molar refractivity (Wildman–Crippen MR) is 82.7 cm³/mol. The van der Waals surface area contributed by atoms with Crippen LogP contribution in [0.15, 0.2) is 24.3 Å². The van der Waals surface area contributed by atoms with Gasteiger partial charge in [-0.3, -0.25) is 4.79 Å². The van der Waals surface area contributed by atoms with E-state index in [-0.39, 0.29) is 18.4 Å². The molecule has 5 nitrogen and oxygen atoms in total. The first-order chi connectivity index (χ1) is 11.1. The van der Waals surface area contributed by atoms with Gasteiger partial charge in [-0.15, -0.1) is 0 Å².